The van der Waals surface area contributed by atoms with Crippen LogP contribution in [0.25, 0.3) is 0 Å². The second kappa shape index (κ2) is 11.5. The zero-order chi connectivity index (χ0) is 22.9. The van der Waals surface area contributed by atoms with E-state index in [0.29, 0.717) is 31.3 Å². The number of hydrogen-bond acceptors (Lipinski definition) is 5. The molecule has 1 saturated heterocycles. The molecule has 0 aliphatic carbocycles. The molecule has 1 aromatic heterocycles. The maximum atomic E-state index is 12.7. The average Bonchev–Trinajstić information content (AvgIpc) is 2.86. The molecule has 6 heteroatoms. The number of hydrogen-bond donors (Lipinski definition) is 1. The lowest BCUT2D eigenvalue weighted by atomic mass is 9.88. The summed E-state index contributed by atoms with van der Waals surface area (Å²) in [5, 5.41) is 3.00. The van der Waals surface area contributed by atoms with Crippen molar-refractivity contribution in [2.24, 2.45) is 0 Å². The zero-order valence-electron chi connectivity index (χ0n) is 19.2. The van der Waals surface area contributed by atoms with Crippen molar-refractivity contribution in [2.45, 2.75) is 38.5 Å². The number of piperidine rings is 1. The first-order chi connectivity index (χ1) is 16.2. The van der Waals surface area contributed by atoms with Gasteiger partial charge in [0.2, 0.25) is 11.8 Å². The van der Waals surface area contributed by atoms with E-state index in [-0.39, 0.29) is 11.8 Å². The number of rotatable bonds is 9. The van der Waals surface area contributed by atoms with Gasteiger partial charge in [-0.05, 0) is 37.3 Å². The molecule has 0 spiro atoms. The van der Waals surface area contributed by atoms with Crippen LogP contribution >= 0.6 is 0 Å². The minimum absolute atomic E-state index is 0.00387. The van der Waals surface area contributed by atoms with Crippen molar-refractivity contribution in [1.82, 2.24) is 15.3 Å². The summed E-state index contributed by atoms with van der Waals surface area (Å²) in [6, 6.07) is 22.2. The molecule has 2 heterocycles. The number of anilines is 1. The van der Waals surface area contributed by atoms with Crippen molar-refractivity contribution < 1.29 is 9.53 Å². The minimum Gasteiger partial charge on any atom is -0.476 e. The molecule has 0 saturated carbocycles. The van der Waals surface area contributed by atoms with E-state index in [1.165, 1.54) is 19.3 Å². The summed E-state index contributed by atoms with van der Waals surface area (Å²) < 4.78 is 5.85. The average molecular weight is 445 g/mol. The third-order valence-corrected chi connectivity index (χ3v) is 5.95. The fourth-order valence-corrected chi connectivity index (χ4v) is 4.29. The van der Waals surface area contributed by atoms with Gasteiger partial charge in [-0.3, -0.25) is 4.79 Å². The largest absolute Gasteiger partial charge is 0.476 e. The van der Waals surface area contributed by atoms with Gasteiger partial charge in [0.15, 0.2) is 0 Å². The number of aromatic nitrogens is 2. The van der Waals surface area contributed by atoms with Crippen LogP contribution in [0.15, 0.2) is 66.7 Å². The maximum absolute atomic E-state index is 12.7. The summed E-state index contributed by atoms with van der Waals surface area (Å²) in [6.07, 6.45) is 4.05. The summed E-state index contributed by atoms with van der Waals surface area (Å²) in [6.45, 7) is 4.72. The molecule has 172 valence electrons. The Labute approximate surface area is 196 Å². The van der Waals surface area contributed by atoms with Crippen LogP contribution in [0.4, 0.5) is 5.82 Å². The number of carbonyl (C=O) groups excluding carboxylic acids is 1. The lowest BCUT2D eigenvalue weighted by molar-refractivity contribution is -0.121. The Bertz CT molecular complexity index is 981. The maximum Gasteiger partial charge on any atom is 0.221 e. The Hall–Kier alpha value is -3.41. The molecule has 1 aliphatic heterocycles. The molecule has 33 heavy (non-hydrogen) atoms. The van der Waals surface area contributed by atoms with Gasteiger partial charge in [-0.25, -0.2) is 4.98 Å². The highest BCUT2D eigenvalue weighted by atomic mass is 16.5. The van der Waals surface area contributed by atoms with Crippen molar-refractivity contribution in [3.63, 3.8) is 0 Å². The molecule has 0 unspecified atom stereocenters. The van der Waals surface area contributed by atoms with Gasteiger partial charge in [-0.1, -0.05) is 60.7 Å². The highest BCUT2D eigenvalue weighted by Crippen LogP contribution is 2.27. The Morgan fingerprint density at radius 1 is 0.970 bits per heavy atom. The number of amides is 1. The van der Waals surface area contributed by atoms with Gasteiger partial charge >= 0.3 is 0 Å². The van der Waals surface area contributed by atoms with Crippen LogP contribution in [0.1, 0.15) is 48.6 Å². The van der Waals surface area contributed by atoms with Crippen LogP contribution in [0.2, 0.25) is 0 Å². The highest BCUT2D eigenvalue weighted by Gasteiger charge is 2.18. The highest BCUT2D eigenvalue weighted by molar-refractivity contribution is 5.77. The van der Waals surface area contributed by atoms with Crippen LogP contribution in [0.5, 0.6) is 5.88 Å². The first-order valence-electron chi connectivity index (χ1n) is 11.8. The first-order valence-corrected chi connectivity index (χ1v) is 11.8. The molecular formula is C27H32N4O2. The lowest BCUT2D eigenvalue weighted by Crippen LogP contribution is -2.31. The third-order valence-electron chi connectivity index (χ3n) is 5.95. The van der Waals surface area contributed by atoms with E-state index in [9.17, 15) is 4.79 Å². The Morgan fingerprint density at radius 3 is 2.24 bits per heavy atom. The molecule has 6 nitrogen and oxygen atoms in total. The molecular weight excluding hydrogens is 412 g/mol. The molecule has 1 amide bonds. The van der Waals surface area contributed by atoms with Crippen LogP contribution in [-0.2, 0) is 4.79 Å². The van der Waals surface area contributed by atoms with Gasteiger partial charge in [0.25, 0.3) is 0 Å². The van der Waals surface area contributed by atoms with E-state index in [4.69, 9.17) is 4.74 Å². The summed E-state index contributed by atoms with van der Waals surface area (Å²) in [5.74, 6) is 2.21. The van der Waals surface area contributed by atoms with Crippen molar-refractivity contribution >= 4 is 11.7 Å². The summed E-state index contributed by atoms with van der Waals surface area (Å²) in [7, 11) is 0. The zero-order valence-corrected chi connectivity index (χ0v) is 19.2. The Balaban J connectivity index is 1.30. The topological polar surface area (TPSA) is 67.3 Å². The molecule has 0 bridgehead atoms. The molecule has 1 aliphatic rings. The van der Waals surface area contributed by atoms with E-state index < -0.39 is 0 Å². The number of ether oxygens (including phenoxy) is 1. The number of benzene rings is 2. The molecule has 1 fully saturated rings. The van der Waals surface area contributed by atoms with Crippen molar-refractivity contribution in [1.29, 1.82) is 0 Å². The first kappa shape index (κ1) is 22.8. The van der Waals surface area contributed by atoms with Crippen molar-refractivity contribution in [3.8, 4) is 5.88 Å². The Kier molecular flexibility index (Phi) is 7.90. The summed E-state index contributed by atoms with van der Waals surface area (Å²) in [5.41, 5.74) is 2.27. The molecule has 3 aromatic rings. The number of nitrogens with one attached hydrogen (secondary N) is 1. The fourth-order valence-electron chi connectivity index (χ4n) is 4.29. The van der Waals surface area contributed by atoms with Gasteiger partial charge < -0.3 is 15.0 Å². The molecule has 2 aromatic carbocycles. The van der Waals surface area contributed by atoms with Crippen LogP contribution in [-0.4, -0.2) is 42.1 Å². The van der Waals surface area contributed by atoms with Gasteiger partial charge in [0.1, 0.15) is 18.2 Å². The number of nitrogens with zero attached hydrogens (tertiary/aromatic N) is 3. The fraction of sp³-hybridized carbons (Fsp3) is 0.370. The van der Waals surface area contributed by atoms with E-state index in [1.54, 1.807) is 0 Å². The lowest BCUT2D eigenvalue weighted by Gasteiger charge is -2.28. The number of carbonyl (C=O) groups is 1. The number of aryl methyl sites for hydroxylation is 1. The Morgan fingerprint density at radius 2 is 1.61 bits per heavy atom. The van der Waals surface area contributed by atoms with E-state index in [0.717, 1.165) is 30.0 Å². The second-order valence-corrected chi connectivity index (χ2v) is 8.44. The quantitative estimate of drug-likeness (QED) is 0.493. The molecule has 0 radical (unpaired) electrons. The predicted molar refractivity (Wildman–Crippen MR) is 131 cm³/mol. The van der Waals surface area contributed by atoms with Gasteiger partial charge in [-0.15, -0.1) is 0 Å². The van der Waals surface area contributed by atoms with Crippen LogP contribution in [0, 0.1) is 6.92 Å². The van der Waals surface area contributed by atoms with Crippen LogP contribution < -0.4 is 15.0 Å². The van der Waals surface area contributed by atoms with Gasteiger partial charge in [0.05, 0.1) is 6.54 Å². The minimum atomic E-state index is 0.00387. The van der Waals surface area contributed by atoms with Crippen molar-refractivity contribution in [3.05, 3.63) is 83.7 Å². The molecule has 4 rings (SSSR count). The molecule has 1 N–H and O–H groups in total. The second-order valence-electron chi connectivity index (χ2n) is 8.44. The van der Waals surface area contributed by atoms with Gasteiger partial charge in [0, 0.05) is 31.5 Å². The normalized spacial score (nSPS) is 13.7. The smallest absolute Gasteiger partial charge is 0.221 e. The van der Waals surface area contributed by atoms with Gasteiger partial charge in [-0.2, -0.15) is 4.98 Å². The predicted octanol–water partition coefficient (Wildman–Crippen LogP) is 4.49. The van der Waals surface area contributed by atoms with Crippen molar-refractivity contribution in [2.75, 3.05) is 31.1 Å². The van der Waals surface area contributed by atoms with E-state index >= 15 is 0 Å². The molecule has 0 atom stereocenters. The third kappa shape index (κ3) is 6.54. The van der Waals surface area contributed by atoms with E-state index in [2.05, 4.69) is 44.5 Å². The van der Waals surface area contributed by atoms with Crippen LogP contribution in [0.3, 0.4) is 0 Å². The summed E-state index contributed by atoms with van der Waals surface area (Å²) in [4.78, 5) is 24.0. The SMILES string of the molecule is Cc1nc(OCCNC(=O)CC(c2ccccc2)c2ccccc2)cc(N2CCCCC2)n1. The summed E-state index contributed by atoms with van der Waals surface area (Å²) >= 11 is 0. The standard InChI is InChI=1S/C27H32N4O2/c1-21-29-25(31-16-9-4-10-17-31)20-27(30-21)33-18-15-28-26(32)19-24(22-11-5-2-6-12-22)23-13-7-3-8-14-23/h2-3,5-8,11-14,20,24H,4,9-10,15-19H2,1H3,(H,28,32). The monoisotopic (exact) mass is 444 g/mol. The van der Waals surface area contributed by atoms with E-state index in [1.807, 2.05) is 49.4 Å².